The molecule has 4 aliphatic rings. The molecule has 0 fully saturated rings. The van der Waals surface area contributed by atoms with E-state index in [0.29, 0.717) is 5.92 Å². The van der Waals surface area contributed by atoms with Gasteiger partial charge in [-0.1, -0.05) is 128 Å². The van der Waals surface area contributed by atoms with Crippen LogP contribution in [0.4, 0.5) is 28.4 Å². The van der Waals surface area contributed by atoms with Crippen molar-refractivity contribution >= 4 is 65.5 Å². The second kappa shape index (κ2) is 10.7. The van der Waals surface area contributed by atoms with Crippen molar-refractivity contribution in [3.8, 4) is 11.1 Å². The Labute approximate surface area is 313 Å². The molecule has 250 valence electrons. The molecular formula is C50H34N2S. The number of hydrogen-bond acceptors (Lipinski definition) is 3. The lowest BCUT2D eigenvalue weighted by Crippen LogP contribution is -2.41. The van der Waals surface area contributed by atoms with Crippen molar-refractivity contribution < 1.29 is 0 Å². The van der Waals surface area contributed by atoms with E-state index in [9.17, 15) is 0 Å². The fourth-order valence-corrected chi connectivity index (χ4v) is 11.5. The van der Waals surface area contributed by atoms with Crippen molar-refractivity contribution in [3.05, 3.63) is 204 Å². The Morgan fingerprint density at radius 1 is 0.585 bits per heavy atom. The largest absolute Gasteiger partial charge is 0.332 e. The Balaban J connectivity index is 1.21. The highest BCUT2D eigenvalue weighted by atomic mass is 32.1. The van der Waals surface area contributed by atoms with Crippen molar-refractivity contribution in [1.82, 2.24) is 0 Å². The van der Waals surface area contributed by atoms with E-state index in [1.807, 2.05) is 11.3 Å². The monoisotopic (exact) mass is 694 g/mol. The van der Waals surface area contributed by atoms with E-state index in [1.54, 1.807) is 0 Å². The van der Waals surface area contributed by atoms with E-state index in [0.717, 1.165) is 17.1 Å². The van der Waals surface area contributed by atoms with Crippen molar-refractivity contribution in [1.29, 1.82) is 0 Å². The van der Waals surface area contributed by atoms with Gasteiger partial charge in [0, 0.05) is 48.5 Å². The van der Waals surface area contributed by atoms with Crippen LogP contribution < -0.4 is 9.80 Å². The molecule has 3 heteroatoms. The van der Waals surface area contributed by atoms with Crippen LogP contribution in [-0.2, 0) is 5.41 Å². The summed E-state index contributed by atoms with van der Waals surface area (Å²) < 4.78 is 2.75. The molecule has 2 nitrogen and oxygen atoms in total. The lowest BCUT2D eigenvalue weighted by molar-refractivity contribution is 0.621. The molecule has 0 N–H and O–H groups in total. The summed E-state index contributed by atoms with van der Waals surface area (Å²) in [4.78, 5) is 5.10. The first-order valence-electron chi connectivity index (χ1n) is 18.6. The average Bonchev–Trinajstić information content (AvgIpc) is 3.86. The molecule has 3 unspecified atom stereocenters. The van der Waals surface area contributed by atoms with Crippen LogP contribution in [0.15, 0.2) is 176 Å². The standard InChI is InChI=1S/C50H34N2S/c1-31-15-14-22-37-46-48-43(30-39-36-21-9-13-26-45(36)53-49(39)46)50(42-24-11-12-25-44(42)52(48)47(31)37)40-23-10-8-20-35(40)38-29-34(27-28-41(38)50)51(32-16-4-2-5-17-32)33-18-6-3-7-19-33/h2-31,47H,1H3. The molecule has 12 rings (SSSR count). The molecule has 2 aliphatic carbocycles. The molecule has 2 aliphatic heterocycles. The first kappa shape index (κ1) is 29.4. The molecule has 3 heterocycles. The van der Waals surface area contributed by atoms with Crippen LogP contribution >= 0.6 is 11.3 Å². The summed E-state index contributed by atoms with van der Waals surface area (Å²) in [6.07, 6.45) is 7.09. The van der Waals surface area contributed by atoms with Crippen molar-refractivity contribution in [2.75, 3.05) is 9.80 Å². The Kier molecular flexibility index (Phi) is 5.94. The minimum atomic E-state index is -0.492. The number of benzene rings is 7. The first-order chi connectivity index (χ1) is 26.2. The van der Waals surface area contributed by atoms with Gasteiger partial charge in [-0.3, -0.25) is 0 Å². The van der Waals surface area contributed by atoms with E-state index < -0.39 is 5.41 Å². The van der Waals surface area contributed by atoms with Gasteiger partial charge in [0.1, 0.15) is 0 Å². The highest BCUT2D eigenvalue weighted by molar-refractivity contribution is 7.26. The van der Waals surface area contributed by atoms with Crippen molar-refractivity contribution in [2.45, 2.75) is 18.4 Å². The maximum Gasteiger partial charge on any atom is 0.0754 e. The van der Waals surface area contributed by atoms with Gasteiger partial charge in [-0.25, -0.2) is 0 Å². The number of allylic oxidation sites excluding steroid dienone is 2. The van der Waals surface area contributed by atoms with Gasteiger partial charge >= 0.3 is 0 Å². The van der Waals surface area contributed by atoms with Gasteiger partial charge in [0.2, 0.25) is 0 Å². The molecule has 0 saturated carbocycles. The van der Waals surface area contributed by atoms with Crippen molar-refractivity contribution in [3.63, 3.8) is 0 Å². The SMILES string of the molecule is CC1C=CC=C2c3c4c(cc5c3sc3ccccc35)C3(c5ccccc5-c5cc(N(c6ccccc6)c6ccccc6)ccc53)c3ccccc3N4C21. The predicted molar refractivity (Wildman–Crippen MR) is 224 cm³/mol. The Morgan fingerprint density at radius 3 is 2.08 bits per heavy atom. The van der Waals surface area contributed by atoms with Crippen LogP contribution in [0.2, 0.25) is 0 Å². The third kappa shape index (κ3) is 3.72. The second-order valence-electron chi connectivity index (χ2n) is 14.9. The van der Waals surface area contributed by atoms with Crippen LogP contribution in [0.5, 0.6) is 0 Å². The van der Waals surface area contributed by atoms with Gasteiger partial charge in [-0.05, 0) is 99.5 Å². The number of hydrogen-bond donors (Lipinski definition) is 0. The Hall–Kier alpha value is -6.16. The summed E-state index contributed by atoms with van der Waals surface area (Å²) in [5.41, 5.74) is 16.6. The summed E-state index contributed by atoms with van der Waals surface area (Å²) in [6, 6.07) is 59.1. The number of anilines is 5. The quantitative estimate of drug-likeness (QED) is 0.182. The van der Waals surface area contributed by atoms with E-state index in [-0.39, 0.29) is 6.04 Å². The average molecular weight is 695 g/mol. The van der Waals surface area contributed by atoms with Gasteiger partial charge < -0.3 is 9.80 Å². The van der Waals surface area contributed by atoms with Crippen LogP contribution in [0.1, 0.15) is 34.7 Å². The fraction of sp³-hybridized carbons (Fsp3) is 0.0800. The lowest BCUT2D eigenvalue weighted by Gasteiger charge is -2.46. The zero-order chi connectivity index (χ0) is 34.8. The minimum absolute atomic E-state index is 0.242. The molecular weight excluding hydrogens is 661 g/mol. The molecule has 0 radical (unpaired) electrons. The molecule has 7 aromatic carbocycles. The lowest BCUT2D eigenvalue weighted by atomic mass is 9.64. The van der Waals surface area contributed by atoms with E-state index >= 15 is 0 Å². The van der Waals surface area contributed by atoms with Gasteiger partial charge in [-0.15, -0.1) is 11.3 Å². The number of nitrogens with zero attached hydrogens (tertiary/aromatic N) is 2. The number of rotatable bonds is 3. The molecule has 0 bridgehead atoms. The Bertz CT molecular complexity index is 2840. The van der Waals surface area contributed by atoms with E-state index in [2.05, 4.69) is 193 Å². The van der Waals surface area contributed by atoms with Gasteiger partial charge in [-0.2, -0.15) is 0 Å². The first-order valence-corrected chi connectivity index (χ1v) is 19.5. The van der Waals surface area contributed by atoms with Crippen LogP contribution in [0, 0.1) is 5.92 Å². The molecule has 53 heavy (non-hydrogen) atoms. The highest BCUT2D eigenvalue weighted by Crippen LogP contribution is 2.68. The van der Waals surface area contributed by atoms with E-state index in [4.69, 9.17) is 0 Å². The zero-order valence-electron chi connectivity index (χ0n) is 29.2. The molecule has 8 aromatic rings. The van der Waals surface area contributed by atoms with Crippen LogP contribution in [0.25, 0.3) is 36.9 Å². The normalized spacial score (nSPS) is 19.9. The van der Waals surface area contributed by atoms with Crippen molar-refractivity contribution in [2.24, 2.45) is 5.92 Å². The summed E-state index contributed by atoms with van der Waals surface area (Å²) in [7, 11) is 0. The summed E-state index contributed by atoms with van der Waals surface area (Å²) in [5, 5.41) is 2.71. The predicted octanol–water partition coefficient (Wildman–Crippen LogP) is 13.3. The minimum Gasteiger partial charge on any atom is -0.332 e. The molecule has 3 atom stereocenters. The van der Waals surface area contributed by atoms with Gasteiger partial charge in [0.15, 0.2) is 0 Å². The van der Waals surface area contributed by atoms with Crippen LogP contribution in [-0.4, -0.2) is 6.04 Å². The second-order valence-corrected chi connectivity index (χ2v) is 15.9. The van der Waals surface area contributed by atoms with Gasteiger partial charge in [0.25, 0.3) is 0 Å². The maximum atomic E-state index is 2.72. The molecule has 0 saturated heterocycles. The van der Waals surface area contributed by atoms with Crippen LogP contribution in [0.3, 0.4) is 0 Å². The Morgan fingerprint density at radius 2 is 1.26 bits per heavy atom. The number of para-hydroxylation sites is 3. The molecule has 0 amide bonds. The third-order valence-electron chi connectivity index (χ3n) is 12.2. The van der Waals surface area contributed by atoms with E-state index in [1.165, 1.54) is 76.1 Å². The number of fused-ring (bicyclic) bond motifs is 16. The summed E-state index contributed by atoms with van der Waals surface area (Å²) in [5.74, 6) is 0.370. The topological polar surface area (TPSA) is 6.48 Å². The fourth-order valence-electron chi connectivity index (χ4n) is 10.2. The zero-order valence-corrected chi connectivity index (χ0v) is 30.0. The molecule has 1 spiro atoms. The van der Waals surface area contributed by atoms with Gasteiger partial charge in [0.05, 0.1) is 17.1 Å². The maximum absolute atomic E-state index is 2.72. The third-order valence-corrected chi connectivity index (χ3v) is 13.4. The molecule has 1 aromatic heterocycles. The number of thiophene rings is 1. The summed E-state index contributed by atoms with van der Waals surface area (Å²) in [6.45, 7) is 2.39. The highest BCUT2D eigenvalue weighted by Gasteiger charge is 2.56. The summed E-state index contributed by atoms with van der Waals surface area (Å²) >= 11 is 1.96. The smallest absolute Gasteiger partial charge is 0.0754 e.